The third-order valence-electron chi connectivity index (χ3n) is 6.43. The number of halogens is 3. The molecule has 188 valence electrons. The molecule has 3 aromatic carbocycles. The summed E-state index contributed by atoms with van der Waals surface area (Å²) in [6, 6.07) is 13.7. The van der Waals surface area contributed by atoms with Gasteiger partial charge in [-0.25, -0.2) is 13.2 Å². The van der Waals surface area contributed by atoms with Crippen LogP contribution in [0.2, 0.25) is 0 Å². The van der Waals surface area contributed by atoms with Crippen LogP contribution in [0.4, 0.5) is 24.5 Å². The summed E-state index contributed by atoms with van der Waals surface area (Å²) < 4.78 is 53.9. The Balaban J connectivity index is 1.47. The third kappa shape index (κ3) is 4.09. The van der Waals surface area contributed by atoms with E-state index in [-0.39, 0.29) is 23.4 Å². The second-order valence-corrected chi connectivity index (χ2v) is 8.68. The monoisotopic (exact) mass is 506 g/mol. The first-order valence-corrected chi connectivity index (χ1v) is 11.7. The number of amides is 1. The summed E-state index contributed by atoms with van der Waals surface area (Å²) in [6.45, 7) is 2.07. The normalized spacial score (nSPS) is 15.0. The molecule has 0 atom stereocenters. The van der Waals surface area contributed by atoms with E-state index in [1.165, 1.54) is 6.20 Å². The van der Waals surface area contributed by atoms with Gasteiger partial charge in [-0.2, -0.15) is 0 Å². The van der Waals surface area contributed by atoms with Crippen LogP contribution in [0.1, 0.15) is 10.4 Å². The van der Waals surface area contributed by atoms with Crippen molar-refractivity contribution in [3.63, 3.8) is 0 Å². The Bertz CT molecular complexity index is 1520. The molecule has 0 aliphatic carbocycles. The lowest BCUT2D eigenvalue weighted by Gasteiger charge is -2.31. The van der Waals surface area contributed by atoms with Crippen LogP contribution in [0.5, 0.6) is 5.75 Å². The molecular formula is C27H21F3N4O3. The van der Waals surface area contributed by atoms with Gasteiger partial charge in [0.05, 0.1) is 35.6 Å². The van der Waals surface area contributed by atoms with Crippen LogP contribution in [-0.2, 0) is 4.74 Å². The summed E-state index contributed by atoms with van der Waals surface area (Å²) >= 11 is 0. The summed E-state index contributed by atoms with van der Waals surface area (Å²) in [7, 11) is 0. The molecule has 4 aromatic rings. The molecule has 0 saturated carbocycles. The number of hydrogen-bond acceptors (Lipinski definition) is 6. The molecule has 1 amide bonds. The molecule has 1 aromatic heterocycles. The second-order valence-electron chi connectivity index (χ2n) is 8.68. The highest BCUT2D eigenvalue weighted by molar-refractivity contribution is 6.10. The van der Waals surface area contributed by atoms with Crippen molar-refractivity contribution in [2.45, 2.75) is 0 Å². The van der Waals surface area contributed by atoms with Crippen molar-refractivity contribution in [2.24, 2.45) is 0 Å². The van der Waals surface area contributed by atoms with Crippen molar-refractivity contribution < 1.29 is 27.4 Å². The Morgan fingerprint density at radius 2 is 1.84 bits per heavy atom. The predicted molar refractivity (Wildman–Crippen MR) is 132 cm³/mol. The number of ether oxygens (including phenoxy) is 2. The highest BCUT2D eigenvalue weighted by Gasteiger charge is 2.27. The number of fused-ring (bicyclic) bond motifs is 2. The van der Waals surface area contributed by atoms with E-state index in [1.54, 1.807) is 23.2 Å². The fourth-order valence-electron chi connectivity index (χ4n) is 4.74. The Kier molecular flexibility index (Phi) is 5.80. The van der Waals surface area contributed by atoms with E-state index in [2.05, 4.69) is 10.4 Å². The number of nitrogens with one attached hydrogen (secondary N) is 1. The topological polar surface area (TPSA) is 66.9 Å². The summed E-state index contributed by atoms with van der Waals surface area (Å²) in [5, 5.41) is 2.25. The zero-order valence-corrected chi connectivity index (χ0v) is 19.5. The molecule has 7 nitrogen and oxygen atoms in total. The molecule has 1 fully saturated rings. The van der Waals surface area contributed by atoms with Gasteiger partial charge < -0.3 is 14.4 Å². The van der Waals surface area contributed by atoms with E-state index in [9.17, 15) is 18.0 Å². The third-order valence-corrected chi connectivity index (χ3v) is 6.43. The zero-order chi connectivity index (χ0) is 25.5. The zero-order valence-electron chi connectivity index (χ0n) is 19.5. The van der Waals surface area contributed by atoms with Gasteiger partial charge in [-0.1, -0.05) is 30.3 Å². The molecule has 10 heteroatoms. The molecule has 37 heavy (non-hydrogen) atoms. The smallest absolute Gasteiger partial charge is 0.273 e. The van der Waals surface area contributed by atoms with E-state index in [4.69, 9.17) is 9.47 Å². The Labute approximate surface area is 210 Å². The van der Waals surface area contributed by atoms with Crippen LogP contribution in [0, 0.1) is 17.5 Å². The SMILES string of the molecule is O=C(NN1CCOc2ccccc21)c1cnc2c(-c3cc(F)cc(F)c3F)cccc2c1N1CCOC1. The predicted octanol–water partition coefficient (Wildman–Crippen LogP) is 4.66. The van der Waals surface area contributed by atoms with Gasteiger partial charge in [0, 0.05) is 35.3 Å². The van der Waals surface area contributed by atoms with E-state index >= 15 is 0 Å². The Hall–Kier alpha value is -4.31. The van der Waals surface area contributed by atoms with Crippen LogP contribution >= 0.6 is 0 Å². The second kappa shape index (κ2) is 9.29. The molecule has 1 N–H and O–H groups in total. The minimum atomic E-state index is -1.29. The van der Waals surface area contributed by atoms with Gasteiger partial charge in [0.15, 0.2) is 11.6 Å². The molecule has 6 rings (SSSR count). The first kappa shape index (κ1) is 23.1. The number of nitrogens with zero attached hydrogens (tertiary/aromatic N) is 3. The van der Waals surface area contributed by atoms with Gasteiger partial charge in [0.1, 0.15) is 24.9 Å². The van der Waals surface area contributed by atoms with Crippen molar-refractivity contribution >= 4 is 28.2 Å². The van der Waals surface area contributed by atoms with Crippen LogP contribution in [0.3, 0.4) is 0 Å². The van der Waals surface area contributed by atoms with E-state index < -0.39 is 23.4 Å². The van der Waals surface area contributed by atoms with Crippen molar-refractivity contribution in [3.8, 4) is 16.9 Å². The fourth-order valence-corrected chi connectivity index (χ4v) is 4.74. The largest absolute Gasteiger partial charge is 0.489 e. The average Bonchev–Trinajstić information content (AvgIpc) is 3.44. The number of pyridine rings is 1. The molecule has 0 bridgehead atoms. The molecular weight excluding hydrogens is 485 g/mol. The van der Waals surface area contributed by atoms with Crippen molar-refractivity contribution in [1.82, 2.24) is 10.4 Å². The number of carbonyl (C=O) groups is 1. The molecule has 1 saturated heterocycles. The van der Waals surface area contributed by atoms with Crippen LogP contribution < -0.4 is 20.1 Å². The highest BCUT2D eigenvalue weighted by atomic mass is 19.2. The molecule has 0 radical (unpaired) electrons. The number of benzene rings is 3. The summed E-state index contributed by atoms with van der Waals surface area (Å²) in [4.78, 5) is 19.9. The quantitative estimate of drug-likeness (QED) is 0.407. The van der Waals surface area contributed by atoms with Gasteiger partial charge in [-0.3, -0.25) is 20.2 Å². The van der Waals surface area contributed by atoms with Gasteiger partial charge in [-0.15, -0.1) is 0 Å². The number of carbonyl (C=O) groups excluding carboxylic acids is 1. The average molecular weight is 506 g/mol. The number of anilines is 2. The van der Waals surface area contributed by atoms with Gasteiger partial charge in [0.2, 0.25) is 0 Å². The van der Waals surface area contributed by atoms with E-state index in [0.717, 1.165) is 11.8 Å². The molecule has 2 aliphatic rings. The maximum absolute atomic E-state index is 14.7. The minimum absolute atomic E-state index is 0.212. The molecule has 2 aliphatic heterocycles. The van der Waals surface area contributed by atoms with Crippen molar-refractivity contribution in [2.75, 3.05) is 42.9 Å². The Morgan fingerprint density at radius 3 is 2.68 bits per heavy atom. The fraction of sp³-hybridized carbons (Fsp3) is 0.185. The van der Waals surface area contributed by atoms with Crippen molar-refractivity contribution in [3.05, 3.63) is 83.8 Å². The number of para-hydroxylation sites is 3. The van der Waals surface area contributed by atoms with Crippen LogP contribution in [-0.4, -0.2) is 43.9 Å². The number of hydrazine groups is 1. The highest BCUT2D eigenvalue weighted by Crippen LogP contribution is 2.38. The van der Waals surface area contributed by atoms with Gasteiger partial charge >= 0.3 is 0 Å². The van der Waals surface area contributed by atoms with Crippen molar-refractivity contribution in [1.29, 1.82) is 0 Å². The number of aromatic nitrogens is 1. The summed E-state index contributed by atoms with van der Waals surface area (Å²) in [5.41, 5.74) is 4.76. The van der Waals surface area contributed by atoms with Crippen LogP contribution in [0.25, 0.3) is 22.0 Å². The lowest BCUT2D eigenvalue weighted by molar-refractivity contribution is 0.0945. The van der Waals surface area contributed by atoms with E-state index in [0.29, 0.717) is 54.7 Å². The van der Waals surface area contributed by atoms with Crippen LogP contribution in [0.15, 0.2) is 60.8 Å². The maximum atomic E-state index is 14.7. The van der Waals surface area contributed by atoms with Gasteiger partial charge in [0.25, 0.3) is 5.91 Å². The summed E-state index contributed by atoms with van der Waals surface area (Å²) in [5.74, 6) is -3.10. The first-order chi connectivity index (χ1) is 18.0. The lowest BCUT2D eigenvalue weighted by atomic mass is 9.98. The standard InChI is InChI=1S/C27H21F3N4O3/c28-16-12-19(24(30)21(29)13-16)17-4-3-5-18-25(17)31-14-20(26(18)33-8-10-36-15-33)27(35)32-34-9-11-37-23-7-2-1-6-22(23)34/h1-7,12-14H,8-11,15H2,(H,32,35). The lowest BCUT2D eigenvalue weighted by Crippen LogP contribution is -2.47. The first-order valence-electron chi connectivity index (χ1n) is 11.7. The van der Waals surface area contributed by atoms with E-state index in [1.807, 2.05) is 29.2 Å². The maximum Gasteiger partial charge on any atom is 0.273 e. The molecule has 0 unspecified atom stereocenters. The minimum Gasteiger partial charge on any atom is -0.489 e. The molecule has 0 spiro atoms. The van der Waals surface area contributed by atoms with Gasteiger partial charge in [-0.05, 0) is 18.2 Å². The number of rotatable bonds is 4. The summed E-state index contributed by atoms with van der Waals surface area (Å²) in [6.07, 6.45) is 1.40. The molecule has 3 heterocycles. The number of hydrogen-bond donors (Lipinski definition) is 1. The Morgan fingerprint density at radius 1 is 0.973 bits per heavy atom.